The Morgan fingerprint density at radius 3 is 2.25 bits per heavy atom. The Kier molecular flexibility index (Phi) is 4.74. The quantitative estimate of drug-likeness (QED) is 0.787. The van der Waals surface area contributed by atoms with E-state index in [1.165, 1.54) is 0 Å². The molecule has 0 aliphatic carbocycles. The molecule has 4 nitrogen and oxygen atoms in total. The molecule has 3 atom stereocenters. The van der Waals surface area contributed by atoms with E-state index in [1.54, 1.807) is 0 Å². The summed E-state index contributed by atoms with van der Waals surface area (Å²) in [5, 5.41) is 9.24. The van der Waals surface area contributed by atoms with Gasteiger partial charge in [0, 0.05) is 25.2 Å². The van der Waals surface area contributed by atoms with Crippen LogP contribution in [-0.2, 0) is 4.79 Å². The molecule has 4 heteroatoms. The minimum absolute atomic E-state index is 0.302. The molecule has 0 bridgehead atoms. The average molecular weight is 228 g/mol. The van der Waals surface area contributed by atoms with Gasteiger partial charge < -0.3 is 5.11 Å². The van der Waals surface area contributed by atoms with Crippen LogP contribution in [0.25, 0.3) is 0 Å². The Balaban J connectivity index is 2.68. The summed E-state index contributed by atoms with van der Waals surface area (Å²) in [6, 6.07) is 0.563. The third-order valence-electron chi connectivity index (χ3n) is 3.68. The number of aliphatic carboxylic acids is 1. The number of nitrogens with zero attached hydrogens (tertiary/aromatic N) is 2. The maximum Gasteiger partial charge on any atom is 0.320 e. The van der Waals surface area contributed by atoms with Gasteiger partial charge in [-0.25, -0.2) is 0 Å². The fourth-order valence-electron chi connectivity index (χ4n) is 2.44. The zero-order chi connectivity index (χ0) is 12.3. The summed E-state index contributed by atoms with van der Waals surface area (Å²) in [6.45, 7) is 8.08. The molecule has 0 aromatic carbocycles. The maximum absolute atomic E-state index is 11.2. The van der Waals surface area contributed by atoms with Crippen LogP contribution in [0, 0.1) is 0 Å². The number of rotatable bonds is 4. The number of carboxylic acids is 1. The molecule has 0 amide bonds. The molecule has 94 valence electrons. The predicted molar refractivity (Wildman–Crippen MR) is 64.6 cm³/mol. The lowest BCUT2D eigenvalue weighted by molar-refractivity contribution is -0.145. The molecular weight excluding hydrogens is 204 g/mol. The van der Waals surface area contributed by atoms with E-state index in [2.05, 4.69) is 30.7 Å². The van der Waals surface area contributed by atoms with Crippen LogP contribution >= 0.6 is 0 Å². The Labute approximate surface area is 98.2 Å². The number of likely N-dealkylation sites (N-methyl/N-ethyl adjacent to an activating group) is 1. The van der Waals surface area contributed by atoms with Crippen LogP contribution in [0.1, 0.15) is 33.6 Å². The number of carboxylic acid groups (broad SMARTS) is 1. The highest BCUT2D eigenvalue weighted by atomic mass is 16.4. The van der Waals surface area contributed by atoms with Gasteiger partial charge >= 0.3 is 5.97 Å². The molecule has 1 aliphatic heterocycles. The maximum atomic E-state index is 11.2. The number of piperazine rings is 1. The smallest absolute Gasteiger partial charge is 0.320 e. The van der Waals surface area contributed by atoms with Gasteiger partial charge in [-0.15, -0.1) is 0 Å². The molecule has 1 N–H and O–H groups in total. The van der Waals surface area contributed by atoms with Crippen LogP contribution in [0.4, 0.5) is 0 Å². The van der Waals surface area contributed by atoms with Crippen LogP contribution in [0.3, 0.4) is 0 Å². The zero-order valence-electron chi connectivity index (χ0n) is 10.8. The molecule has 1 aliphatic rings. The normalized spacial score (nSPS) is 30.2. The lowest BCUT2D eigenvalue weighted by Crippen LogP contribution is -2.58. The van der Waals surface area contributed by atoms with Crippen molar-refractivity contribution in [2.24, 2.45) is 0 Å². The summed E-state index contributed by atoms with van der Waals surface area (Å²) in [5.41, 5.74) is 0. The minimum atomic E-state index is -0.675. The topological polar surface area (TPSA) is 43.8 Å². The van der Waals surface area contributed by atoms with Crippen LogP contribution in [0.2, 0.25) is 0 Å². The SMILES string of the molecule is CCCC(C(=O)O)N1CC(C)N(C)C(C)C1. The van der Waals surface area contributed by atoms with Crippen molar-refractivity contribution in [1.29, 1.82) is 0 Å². The van der Waals surface area contributed by atoms with Gasteiger partial charge in [0.2, 0.25) is 0 Å². The molecule has 0 aromatic rings. The van der Waals surface area contributed by atoms with Crippen LogP contribution in [-0.4, -0.2) is 59.1 Å². The standard InChI is InChI=1S/C12H24N2O2/c1-5-6-11(12(15)16)14-7-9(2)13(4)10(3)8-14/h9-11H,5-8H2,1-4H3,(H,15,16). The van der Waals surface area contributed by atoms with Crippen molar-refractivity contribution >= 4 is 5.97 Å². The van der Waals surface area contributed by atoms with Crippen molar-refractivity contribution < 1.29 is 9.90 Å². The Morgan fingerprint density at radius 1 is 1.38 bits per heavy atom. The van der Waals surface area contributed by atoms with Gasteiger partial charge in [-0.1, -0.05) is 13.3 Å². The number of hydrogen-bond acceptors (Lipinski definition) is 3. The van der Waals surface area contributed by atoms with Crippen LogP contribution in [0.5, 0.6) is 0 Å². The Hall–Kier alpha value is -0.610. The molecule has 0 saturated carbocycles. The van der Waals surface area contributed by atoms with Gasteiger partial charge in [0.15, 0.2) is 0 Å². The first-order valence-electron chi connectivity index (χ1n) is 6.16. The average Bonchev–Trinajstić information content (AvgIpc) is 2.21. The third-order valence-corrected chi connectivity index (χ3v) is 3.68. The summed E-state index contributed by atoms with van der Waals surface area (Å²) in [6.07, 6.45) is 1.67. The monoisotopic (exact) mass is 228 g/mol. The van der Waals surface area contributed by atoms with E-state index in [1.807, 2.05) is 6.92 Å². The molecular formula is C12H24N2O2. The molecule has 0 spiro atoms. The fourth-order valence-corrected chi connectivity index (χ4v) is 2.44. The van der Waals surface area contributed by atoms with Gasteiger partial charge in [-0.05, 0) is 27.3 Å². The van der Waals surface area contributed by atoms with E-state index in [4.69, 9.17) is 0 Å². The third kappa shape index (κ3) is 2.95. The van der Waals surface area contributed by atoms with Crippen molar-refractivity contribution in [2.75, 3.05) is 20.1 Å². The van der Waals surface area contributed by atoms with Gasteiger partial charge in [0.05, 0.1) is 0 Å². The van der Waals surface area contributed by atoms with Crippen molar-refractivity contribution in [3.63, 3.8) is 0 Å². The summed E-state index contributed by atoms with van der Waals surface area (Å²) < 4.78 is 0. The Bertz CT molecular complexity index is 233. The summed E-state index contributed by atoms with van der Waals surface area (Å²) >= 11 is 0. The first kappa shape index (κ1) is 13.5. The fraction of sp³-hybridized carbons (Fsp3) is 0.917. The van der Waals surface area contributed by atoms with E-state index in [0.29, 0.717) is 12.1 Å². The summed E-state index contributed by atoms with van der Waals surface area (Å²) in [7, 11) is 2.11. The highest BCUT2D eigenvalue weighted by molar-refractivity contribution is 5.73. The largest absolute Gasteiger partial charge is 0.480 e. The van der Waals surface area contributed by atoms with E-state index in [0.717, 1.165) is 25.9 Å². The second-order valence-corrected chi connectivity index (χ2v) is 4.96. The molecule has 1 fully saturated rings. The predicted octanol–water partition coefficient (Wildman–Crippen LogP) is 1.26. The van der Waals surface area contributed by atoms with Crippen LogP contribution < -0.4 is 0 Å². The highest BCUT2D eigenvalue weighted by Crippen LogP contribution is 2.18. The van der Waals surface area contributed by atoms with E-state index >= 15 is 0 Å². The molecule has 1 saturated heterocycles. The van der Waals surface area contributed by atoms with Gasteiger partial charge in [0.25, 0.3) is 0 Å². The second-order valence-electron chi connectivity index (χ2n) is 4.96. The summed E-state index contributed by atoms with van der Waals surface area (Å²) in [4.78, 5) is 15.7. The van der Waals surface area contributed by atoms with E-state index in [9.17, 15) is 9.90 Å². The van der Waals surface area contributed by atoms with Crippen molar-refractivity contribution in [2.45, 2.75) is 51.7 Å². The van der Waals surface area contributed by atoms with Gasteiger partial charge in [0.1, 0.15) is 6.04 Å². The van der Waals surface area contributed by atoms with Crippen molar-refractivity contribution in [3.05, 3.63) is 0 Å². The van der Waals surface area contributed by atoms with E-state index in [-0.39, 0.29) is 6.04 Å². The molecule has 3 unspecified atom stereocenters. The van der Waals surface area contributed by atoms with E-state index < -0.39 is 5.97 Å². The van der Waals surface area contributed by atoms with Crippen molar-refractivity contribution in [1.82, 2.24) is 9.80 Å². The molecule has 16 heavy (non-hydrogen) atoms. The minimum Gasteiger partial charge on any atom is -0.480 e. The number of hydrogen-bond donors (Lipinski definition) is 1. The van der Waals surface area contributed by atoms with Gasteiger partial charge in [-0.3, -0.25) is 14.6 Å². The van der Waals surface area contributed by atoms with Gasteiger partial charge in [-0.2, -0.15) is 0 Å². The van der Waals surface area contributed by atoms with Crippen molar-refractivity contribution in [3.8, 4) is 0 Å². The number of carbonyl (C=O) groups is 1. The van der Waals surface area contributed by atoms with Crippen LogP contribution in [0.15, 0.2) is 0 Å². The lowest BCUT2D eigenvalue weighted by Gasteiger charge is -2.44. The molecule has 0 radical (unpaired) electrons. The zero-order valence-corrected chi connectivity index (χ0v) is 10.8. The first-order valence-corrected chi connectivity index (χ1v) is 6.16. The highest BCUT2D eigenvalue weighted by Gasteiger charge is 2.33. The molecule has 1 heterocycles. The lowest BCUT2D eigenvalue weighted by atomic mass is 10.0. The first-order chi connectivity index (χ1) is 7.47. The molecule has 0 aromatic heterocycles. The second kappa shape index (κ2) is 5.64. The Morgan fingerprint density at radius 2 is 1.88 bits per heavy atom. The molecule has 1 rings (SSSR count). The summed E-state index contributed by atoms with van der Waals surface area (Å²) in [5.74, 6) is -0.675.